The highest BCUT2D eigenvalue weighted by molar-refractivity contribution is 5.32. The molecule has 0 radical (unpaired) electrons. The first-order valence-corrected chi connectivity index (χ1v) is 5.67. The Morgan fingerprint density at radius 3 is 2.88 bits per heavy atom. The maximum atomic E-state index is 13.8. The average molecular weight is 243 g/mol. The molecule has 3 nitrogen and oxygen atoms in total. The van der Waals surface area contributed by atoms with Gasteiger partial charge in [-0.15, -0.1) is 0 Å². The molecule has 1 aromatic carbocycles. The van der Waals surface area contributed by atoms with Crippen LogP contribution >= 0.6 is 0 Å². The fraction of sp³-hybridized carbons (Fsp3) is 0.500. The smallest absolute Gasteiger partial charge is 0.200 e. The van der Waals surface area contributed by atoms with Crippen LogP contribution in [0.15, 0.2) is 12.1 Å². The summed E-state index contributed by atoms with van der Waals surface area (Å²) in [6, 6.07) is 2.95. The number of hydrogen-bond donors (Lipinski definition) is 1. The number of benzene rings is 1. The molecule has 0 aliphatic carbocycles. The number of hydrogen-bond acceptors (Lipinski definition) is 3. The molecule has 1 atom stereocenters. The molecule has 0 bridgehead atoms. The van der Waals surface area contributed by atoms with Crippen molar-refractivity contribution in [1.29, 1.82) is 0 Å². The van der Waals surface area contributed by atoms with Crippen LogP contribution in [0.4, 0.5) is 8.78 Å². The van der Waals surface area contributed by atoms with Gasteiger partial charge >= 0.3 is 0 Å². The van der Waals surface area contributed by atoms with Gasteiger partial charge in [0, 0.05) is 18.7 Å². The van der Waals surface area contributed by atoms with Gasteiger partial charge in [0.2, 0.25) is 5.82 Å². The van der Waals surface area contributed by atoms with E-state index < -0.39 is 17.7 Å². The molecule has 0 spiro atoms. The van der Waals surface area contributed by atoms with Gasteiger partial charge in [-0.1, -0.05) is 0 Å². The molecule has 2 rings (SSSR count). The Kier molecular flexibility index (Phi) is 3.91. The van der Waals surface area contributed by atoms with E-state index in [0.29, 0.717) is 19.8 Å². The Morgan fingerprint density at radius 2 is 2.24 bits per heavy atom. The molecule has 1 unspecified atom stereocenters. The Bertz CT molecular complexity index is 392. The number of ether oxygens (including phenoxy) is 2. The van der Waals surface area contributed by atoms with E-state index in [1.807, 2.05) is 0 Å². The third-order valence-electron chi connectivity index (χ3n) is 2.65. The molecule has 1 aromatic rings. The predicted octanol–water partition coefficient (Wildman–Crippen LogP) is 2.02. The van der Waals surface area contributed by atoms with Crippen LogP contribution in [0.1, 0.15) is 18.6 Å². The van der Waals surface area contributed by atoms with Gasteiger partial charge in [0.05, 0.1) is 19.3 Å². The van der Waals surface area contributed by atoms with Crippen molar-refractivity contribution in [1.82, 2.24) is 5.32 Å². The molecule has 1 heterocycles. The van der Waals surface area contributed by atoms with E-state index in [0.717, 1.165) is 6.54 Å². The fourth-order valence-electron chi connectivity index (χ4n) is 1.83. The first-order chi connectivity index (χ1) is 8.24. The van der Waals surface area contributed by atoms with Crippen molar-refractivity contribution in [2.45, 2.75) is 13.0 Å². The predicted molar refractivity (Wildman–Crippen MR) is 59.1 cm³/mol. The van der Waals surface area contributed by atoms with E-state index in [-0.39, 0.29) is 11.3 Å². The number of nitrogens with one attached hydrogen (secondary N) is 1. The van der Waals surface area contributed by atoms with Gasteiger partial charge in [-0.05, 0) is 19.1 Å². The van der Waals surface area contributed by atoms with Crippen molar-refractivity contribution >= 4 is 0 Å². The van der Waals surface area contributed by atoms with Crippen molar-refractivity contribution < 1.29 is 18.3 Å². The Balaban J connectivity index is 2.26. The minimum absolute atomic E-state index is 0.0579. The summed E-state index contributed by atoms with van der Waals surface area (Å²) in [4.78, 5) is 0. The van der Waals surface area contributed by atoms with Crippen LogP contribution in [-0.4, -0.2) is 26.3 Å². The highest BCUT2D eigenvalue weighted by Crippen LogP contribution is 2.28. The second-order valence-corrected chi connectivity index (χ2v) is 3.78. The maximum Gasteiger partial charge on any atom is 0.200 e. The minimum atomic E-state index is -0.946. The number of morpholine rings is 1. The Morgan fingerprint density at radius 1 is 1.41 bits per heavy atom. The van der Waals surface area contributed by atoms with Crippen molar-refractivity contribution in [2.75, 3.05) is 26.3 Å². The Labute approximate surface area is 98.7 Å². The van der Waals surface area contributed by atoms with Gasteiger partial charge in [0.25, 0.3) is 0 Å². The van der Waals surface area contributed by atoms with E-state index in [4.69, 9.17) is 9.47 Å². The van der Waals surface area contributed by atoms with Crippen molar-refractivity contribution in [3.8, 4) is 5.75 Å². The minimum Gasteiger partial charge on any atom is -0.491 e. The quantitative estimate of drug-likeness (QED) is 0.881. The van der Waals surface area contributed by atoms with E-state index >= 15 is 0 Å². The highest BCUT2D eigenvalue weighted by atomic mass is 19.2. The monoisotopic (exact) mass is 243 g/mol. The lowest BCUT2D eigenvalue weighted by molar-refractivity contribution is 0.0250. The summed E-state index contributed by atoms with van der Waals surface area (Å²) in [5, 5.41) is 3.07. The first-order valence-electron chi connectivity index (χ1n) is 5.67. The molecular weight excluding hydrogens is 228 g/mol. The molecular formula is C12H15F2NO2. The standard InChI is InChI=1S/C12H15F2NO2/c1-2-16-9-4-3-8(11(13)12(9)14)10-7-15-5-6-17-10/h3-4,10,15H,2,5-7H2,1H3. The molecule has 0 aromatic heterocycles. The second-order valence-electron chi connectivity index (χ2n) is 3.78. The topological polar surface area (TPSA) is 30.5 Å². The lowest BCUT2D eigenvalue weighted by Crippen LogP contribution is -2.33. The van der Waals surface area contributed by atoms with Crippen molar-refractivity contribution in [3.05, 3.63) is 29.3 Å². The molecule has 0 amide bonds. The van der Waals surface area contributed by atoms with E-state index in [1.54, 1.807) is 6.92 Å². The van der Waals surface area contributed by atoms with Gasteiger partial charge in [-0.2, -0.15) is 4.39 Å². The number of halogens is 2. The van der Waals surface area contributed by atoms with E-state index in [9.17, 15) is 8.78 Å². The SMILES string of the molecule is CCOc1ccc(C2CNCCO2)c(F)c1F. The van der Waals surface area contributed by atoms with Crippen LogP contribution in [0.3, 0.4) is 0 Å². The summed E-state index contributed by atoms with van der Waals surface area (Å²) in [5.41, 5.74) is 0.234. The number of rotatable bonds is 3. The molecule has 17 heavy (non-hydrogen) atoms. The zero-order valence-corrected chi connectivity index (χ0v) is 9.63. The van der Waals surface area contributed by atoms with Crippen molar-refractivity contribution in [2.24, 2.45) is 0 Å². The van der Waals surface area contributed by atoms with Gasteiger partial charge in [0.1, 0.15) is 0 Å². The lowest BCUT2D eigenvalue weighted by Gasteiger charge is -2.24. The third-order valence-corrected chi connectivity index (χ3v) is 2.65. The molecule has 1 fully saturated rings. The molecule has 1 aliphatic heterocycles. The third kappa shape index (κ3) is 2.56. The molecule has 1 aliphatic rings. The summed E-state index contributed by atoms with van der Waals surface area (Å²) >= 11 is 0. The fourth-order valence-corrected chi connectivity index (χ4v) is 1.83. The summed E-state index contributed by atoms with van der Waals surface area (Å²) in [6.45, 7) is 3.75. The van der Waals surface area contributed by atoms with Crippen LogP contribution in [-0.2, 0) is 4.74 Å². The largest absolute Gasteiger partial charge is 0.491 e. The molecule has 5 heteroatoms. The highest BCUT2D eigenvalue weighted by Gasteiger charge is 2.23. The Hall–Kier alpha value is -1.20. The maximum absolute atomic E-state index is 13.8. The van der Waals surface area contributed by atoms with Crippen LogP contribution in [0, 0.1) is 11.6 Å². The van der Waals surface area contributed by atoms with Gasteiger partial charge < -0.3 is 14.8 Å². The van der Waals surface area contributed by atoms with Crippen molar-refractivity contribution in [3.63, 3.8) is 0 Å². The zero-order valence-electron chi connectivity index (χ0n) is 9.63. The van der Waals surface area contributed by atoms with Gasteiger partial charge in [-0.3, -0.25) is 0 Å². The average Bonchev–Trinajstić information content (AvgIpc) is 2.36. The van der Waals surface area contributed by atoms with Crippen LogP contribution in [0.2, 0.25) is 0 Å². The van der Waals surface area contributed by atoms with Crippen LogP contribution in [0.25, 0.3) is 0 Å². The zero-order chi connectivity index (χ0) is 12.3. The van der Waals surface area contributed by atoms with Crippen LogP contribution in [0.5, 0.6) is 5.75 Å². The molecule has 94 valence electrons. The first kappa shape index (κ1) is 12.3. The second kappa shape index (κ2) is 5.42. The van der Waals surface area contributed by atoms with E-state index in [1.165, 1.54) is 12.1 Å². The summed E-state index contributed by atoms with van der Waals surface area (Å²) < 4.78 is 37.8. The van der Waals surface area contributed by atoms with E-state index in [2.05, 4.69) is 5.32 Å². The molecule has 0 saturated carbocycles. The normalized spacial score (nSPS) is 20.3. The lowest BCUT2D eigenvalue weighted by atomic mass is 10.1. The van der Waals surface area contributed by atoms with Crippen LogP contribution < -0.4 is 10.1 Å². The summed E-state index contributed by atoms with van der Waals surface area (Å²) in [5.74, 6) is -1.89. The molecule has 1 saturated heterocycles. The molecule has 1 N–H and O–H groups in total. The van der Waals surface area contributed by atoms with Gasteiger partial charge in [-0.25, -0.2) is 4.39 Å². The summed E-state index contributed by atoms with van der Waals surface area (Å²) in [6.07, 6.45) is -0.436. The summed E-state index contributed by atoms with van der Waals surface area (Å²) in [7, 11) is 0. The van der Waals surface area contributed by atoms with Gasteiger partial charge in [0.15, 0.2) is 11.6 Å².